The van der Waals surface area contributed by atoms with Crippen LogP contribution < -0.4 is 0 Å². The second-order valence-corrected chi connectivity index (χ2v) is 5.10. The van der Waals surface area contributed by atoms with Gasteiger partial charge >= 0.3 is 0 Å². The van der Waals surface area contributed by atoms with Crippen LogP contribution in [0.4, 0.5) is 0 Å². The molecule has 0 aliphatic heterocycles. The van der Waals surface area contributed by atoms with Crippen LogP contribution in [0.25, 0.3) is 0 Å². The molecule has 0 spiro atoms. The Balaban J connectivity index is 2.14. The Kier molecular flexibility index (Phi) is 3.66. The molecule has 0 saturated heterocycles. The zero-order valence-corrected chi connectivity index (χ0v) is 11.2. The zero-order valence-electron chi connectivity index (χ0n) is 8.87. The Morgan fingerprint density at radius 2 is 2.31 bits per heavy atom. The summed E-state index contributed by atoms with van der Waals surface area (Å²) in [5.74, 6) is 0.914. The predicted octanol–water partition coefficient (Wildman–Crippen LogP) is 4.00. The van der Waals surface area contributed by atoms with Crippen LogP contribution in [0.1, 0.15) is 22.3 Å². The van der Waals surface area contributed by atoms with E-state index in [0.29, 0.717) is 6.42 Å². The highest BCUT2D eigenvalue weighted by Crippen LogP contribution is 2.27. The number of nitrogens with zero attached hydrogens (tertiary/aromatic N) is 1. The molecule has 1 aromatic heterocycles. The molecule has 1 aromatic carbocycles. The lowest BCUT2D eigenvalue weighted by atomic mass is 10.1. The van der Waals surface area contributed by atoms with Crippen molar-refractivity contribution in [3.8, 4) is 0 Å². The van der Waals surface area contributed by atoms with Crippen molar-refractivity contribution >= 4 is 27.5 Å². The van der Waals surface area contributed by atoms with Crippen molar-refractivity contribution in [2.45, 2.75) is 18.7 Å². The molecule has 0 bridgehead atoms. The number of aryl methyl sites for hydroxylation is 1. The number of rotatable bonds is 3. The van der Waals surface area contributed by atoms with E-state index in [4.69, 9.17) is 11.6 Å². The SMILES string of the molecule is Cc1ccc(C(Cl)Cc2ncc[nH]2)cc1Br. The normalized spacial score (nSPS) is 12.7. The van der Waals surface area contributed by atoms with Crippen molar-refractivity contribution in [2.75, 3.05) is 0 Å². The van der Waals surface area contributed by atoms with Crippen molar-refractivity contribution in [1.29, 1.82) is 0 Å². The lowest BCUT2D eigenvalue weighted by Gasteiger charge is -2.09. The summed E-state index contributed by atoms with van der Waals surface area (Å²) in [6.07, 6.45) is 4.26. The molecule has 1 heterocycles. The summed E-state index contributed by atoms with van der Waals surface area (Å²) < 4.78 is 1.09. The molecule has 0 radical (unpaired) electrons. The number of aromatic amines is 1. The third kappa shape index (κ3) is 2.66. The second-order valence-electron chi connectivity index (χ2n) is 3.72. The van der Waals surface area contributed by atoms with E-state index in [9.17, 15) is 0 Å². The molecule has 4 heteroatoms. The van der Waals surface area contributed by atoms with E-state index < -0.39 is 0 Å². The molecule has 2 rings (SSSR count). The Bertz CT molecular complexity index is 468. The molecular weight excluding hydrogens is 288 g/mol. The van der Waals surface area contributed by atoms with Gasteiger partial charge in [0.25, 0.3) is 0 Å². The zero-order chi connectivity index (χ0) is 11.5. The molecular formula is C12H12BrClN2. The molecule has 2 nitrogen and oxygen atoms in total. The monoisotopic (exact) mass is 298 g/mol. The van der Waals surface area contributed by atoms with Crippen LogP contribution in [0, 0.1) is 6.92 Å². The molecule has 16 heavy (non-hydrogen) atoms. The van der Waals surface area contributed by atoms with Crippen LogP contribution in [-0.2, 0) is 6.42 Å². The number of halogens is 2. The predicted molar refractivity (Wildman–Crippen MR) is 69.8 cm³/mol. The summed E-state index contributed by atoms with van der Waals surface area (Å²) in [5.41, 5.74) is 2.32. The fourth-order valence-electron chi connectivity index (χ4n) is 1.50. The average molecular weight is 300 g/mol. The number of imidazole rings is 1. The van der Waals surface area contributed by atoms with Gasteiger partial charge < -0.3 is 4.98 Å². The highest BCUT2D eigenvalue weighted by atomic mass is 79.9. The number of H-pyrrole nitrogens is 1. The third-order valence-corrected chi connectivity index (χ3v) is 3.75. The van der Waals surface area contributed by atoms with Gasteiger partial charge in [0.2, 0.25) is 0 Å². The Labute approximate surface area is 108 Å². The first-order valence-electron chi connectivity index (χ1n) is 5.05. The van der Waals surface area contributed by atoms with Crippen molar-refractivity contribution in [2.24, 2.45) is 0 Å². The van der Waals surface area contributed by atoms with Crippen LogP contribution in [0.15, 0.2) is 35.1 Å². The maximum Gasteiger partial charge on any atom is 0.107 e. The van der Waals surface area contributed by atoms with E-state index in [-0.39, 0.29) is 5.38 Å². The van der Waals surface area contributed by atoms with Gasteiger partial charge in [-0.15, -0.1) is 11.6 Å². The molecule has 1 N–H and O–H groups in total. The summed E-state index contributed by atoms with van der Waals surface area (Å²) in [4.78, 5) is 7.23. The number of benzene rings is 1. The summed E-state index contributed by atoms with van der Waals surface area (Å²) in [5, 5.41) is -0.0527. The molecule has 0 fully saturated rings. The van der Waals surface area contributed by atoms with Gasteiger partial charge in [0.1, 0.15) is 5.82 Å². The van der Waals surface area contributed by atoms with E-state index in [1.165, 1.54) is 5.56 Å². The van der Waals surface area contributed by atoms with Gasteiger partial charge in [0.05, 0.1) is 5.38 Å². The number of nitrogens with one attached hydrogen (secondary N) is 1. The van der Waals surface area contributed by atoms with Crippen molar-refractivity contribution in [1.82, 2.24) is 9.97 Å². The number of hydrogen-bond donors (Lipinski definition) is 1. The van der Waals surface area contributed by atoms with Gasteiger partial charge in [0, 0.05) is 23.3 Å². The topological polar surface area (TPSA) is 28.7 Å². The van der Waals surface area contributed by atoms with Crippen LogP contribution in [0.2, 0.25) is 0 Å². The Morgan fingerprint density at radius 1 is 1.50 bits per heavy atom. The first kappa shape index (κ1) is 11.7. The minimum absolute atomic E-state index is 0.0527. The van der Waals surface area contributed by atoms with Crippen LogP contribution in [0.5, 0.6) is 0 Å². The molecule has 0 aliphatic carbocycles. The maximum atomic E-state index is 6.34. The summed E-state index contributed by atoms with van der Waals surface area (Å²) in [7, 11) is 0. The summed E-state index contributed by atoms with van der Waals surface area (Å²) >= 11 is 9.85. The molecule has 0 aliphatic rings. The molecule has 0 amide bonds. The van der Waals surface area contributed by atoms with Crippen molar-refractivity contribution in [3.05, 3.63) is 52.0 Å². The van der Waals surface area contributed by atoms with Gasteiger partial charge in [-0.25, -0.2) is 4.98 Å². The minimum Gasteiger partial charge on any atom is -0.349 e. The van der Waals surface area contributed by atoms with Gasteiger partial charge in [-0.2, -0.15) is 0 Å². The standard InChI is InChI=1S/C12H12BrClN2/c1-8-2-3-9(6-10(8)13)11(14)7-12-15-4-5-16-12/h2-6,11H,7H2,1H3,(H,15,16). The van der Waals surface area contributed by atoms with E-state index in [1.807, 2.05) is 6.20 Å². The highest BCUT2D eigenvalue weighted by molar-refractivity contribution is 9.10. The van der Waals surface area contributed by atoms with Crippen molar-refractivity contribution in [3.63, 3.8) is 0 Å². The van der Waals surface area contributed by atoms with E-state index >= 15 is 0 Å². The van der Waals surface area contributed by atoms with Gasteiger partial charge in [-0.1, -0.05) is 28.1 Å². The Hall–Kier alpha value is -0.800. The fourth-order valence-corrected chi connectivity index (χ4v) is 2.18. The molecule has 1 unspecified atom stereocenters. The van der Waals surface area contributed by atoms with Crippen LogP contribution in [0.3, 0.4) is 0 Å². The summed E-state index contributed by atoms with van der Waals surface area (Å²) in [6, 6.07) is 6.19. The van der Waals surface area contributed by atoms with Crippen LogP contribution >= 0.6 is 27.5 Å². The average Bonchev–Trinajstić information content (AvgIpc) is 2.74. The van der Waals surface area contributed by atoms with Crippen LogP contribution in [-0.4, -0.2) is 9.97 Å². The molecule has 0 saturated carbocycles. The van der Waals surface area contributed by atoms with E-state index in [0.717, 1.165) is 15.9 Å². The number of alkyl halides is 1. The quantitative estimate of drug-likeness (QED) is 0.853. The maximum absolute atomic E-state index is 6.34. The molecule has 2 aromatic rings. The first-order chi connectivity index (χ1) is 7.66. The highest BCUT2D eigenvalue weighted by Gasteiger charge is 2.11. The fraction of sp³-hybridized carbons (Fsp3) is 0.250. The number of hydrogen-bond acceptors (Lipinski definition) is 1. The lowest BCUT2D eigenvalue weighted by molar-refractivity contribution is 0.854. The van der Waals surface area contributed by atoms with Gasteiger partial charge in [-0.3, -0.25) is 0 Å². The molecule has 84 valence electrons. The Morgan fingerprint density at radius 3 is 2.94 bits per heavy atom. The second kappa shape index (κ2) is 5.02. The van der Waals surface area contributed by atoms with Gasteiger partial charge in [0.15, 0.2) is 0 Å². The van der Waals surface area contributed by atoms with E-state index in [2.05, 4.69) is 51.0 Å². The molecule has 1 atom stereocenters. The van der Waals surface area contributed by atoms with Gasteiger partial charge in [-0.05, 0) is 24.1 Å². The lowest BCUT2D eigenvalue weighted by Crippen LogP contribution is -1.98. The first-order valence-corrected chi connectivity index (χ1v) is 6.28. The minimum atomic E-state index is -0.0527. The van der Waals surface area contributed by atoms with Crippen molar-refractivity contribution < 1.29 is 0 Å². The number of aromatic nitrogens is 2. The summed E-state index contributed by atoms with van der Waals surface area (Å²) in [6.45, 7) is 2.06. The van der Waals surface area contributed by atoms with E-state index in [1.54, 1.807) is 6.20 Å². The smallest absolute Gasteiger partial charge is 0.107 e. The largest absolute Gasteiger partial charge is 0.349 e. The third-order valence-electron chi connectivity index (χ3n) is 2.48.